The molecule has 0 aromatic heterocycles. The van der Waals surface area contributed by atoms with Gasteiger partial charge in [0.05, 0.1) is 6.10 Å². The number of aliphatic hydroxyl groups excluding tert-OH is 1. The van der Waals surface area contributed by atoms with Gasteiger partial charge in [0.15, 0.2) is 0 Å². The van der Waals surface area contributed by atoms with Gasteiger partial charge >= 0.3 is 0 Å². The van der Waals surface area contributed by atoms with Gasteiger partial charge in [-0.05, 0) is 24.0 Å². The molecule has 0 aliphatic carbocycles. The zero-order valence-electron chi connectivity index (χ0n) is 8.46. The van der Waals surface area contributed by atoms with Crippen LogP contribution in [-0.4, -0.2) is 5.11 Å². The van der Waals surface area contributed by atoms with Crippen molar-refractivity contribution in [2.45, 2.75) is 39.2 Å². The summed E-state index contributed by atoms with van der Waals surface area (Å²) in [6.07, 6.45) is 2.61. The predicted molar refractivity (Wildman–Crippen MR) is 55.7 cm³/mol. The summed E-state index contributed by atoms with van der Waals surface area (Å²) in [7, 11) is 0. The van der Waals surface area contributed by atoms with E-state index in [1.807, 2.05) is 18.2 Å². The van der Waals surface area contributed by atoms with Crippen molar-refractivity contribution >= 4 is 0 Å². The second-order valence-corrected chi connectivity index (χ2v) is 3.36. The molecule has 13 heavy (non-hydrogen) atoms. The van der Waals surface area contributed by atoms with E-state index >= 15 is 0 Å². The molecule has 72 valence electrons. The maximum Gasteiger partial charge on any atom is 0.0792 e. The summed E-state index contributed by atoms with van der Waals surface area (Å²) in [5, 5.41) is 9.83. The summed E-state index contributed by atoms with van der Waals surface area (Å²) < 4.78 is 0. The van der Waals surface area contributed by atoms with Gasteiger partial charge in [-0.25, -0.2) is 0 Å². The molecule has 0 saturated carbocycles. The molecule has 0 amide bonds. The van der Waals surface area contributed by atoms with E-state index in [2.05, 4.69) is 19.9 Å². The third-order valence-corrected chi connectivity index (χ3v) is 2.36. The van der Waals surface area contributed by atoms with E-state index in [1.54, 1.807) is 0 Å². The highest BCUT2D eigenvalue weighted by Crippen LogP contribution is 2.22. The van der Waals surface area contributed by atoms with Crippen molar-refractivity contribution in [3.05, 3.63) is 35.4 Å². The van der Waals surface area contributed by atoms with Crippen LogP contribution in [0.4, 0.5) is 0 Å². The maximum atomic E-state index is 9.83. The smallest absolute Gasteiger partial charge is 0.0792 e. The van der Waals surface area contributed by atoms with Gasteiger partial charge in [-0.15, -0.1) is 0 Å². The molecule has 1 aromatic rings. The van der Waals surface area contributed by atoms with Gasteiger partial charge in [0.2, 0.25) is 0 Å². The first kappa shape index (κ1) is 10.3. The molecule has 0 aliphatic heterocycles. The third kappa shape index (κ3) is 2.56. The van der Waals surface area contributed by atoms with Crippen LogP contribution in [0.1, 0.15) is 43.9 Å². The summed E-state index contributed by atoms with van der Waals surface area (Å²) in [4.78, 5) is 0. The van der Waals surface area contributed by atoms with Crippen LogP contribution in [0.25, 0.3) is 0 Å². The first-order valence-corrected chi connectivity index (χ1v) is 5.05. The van der Waals surface area contributed by atoms with Gasteiger partial charge in [0.1, 0.15) is 0 Å². The molecule has 1 nitrogen and oxygen atoms in total. The fraction of sp³-hybridized carbons (Fsp3) is 0.500. The lowest BCUT2D eigenvalue weighted by atomic mass is 9.98. The second-order valence-electron chi connectivity index (χ2n) is 3.36. The SMILES string of the molecule is CCC[C@H](O)c1ccccc1CC. The average Bonchev–Trinajstić information content (AvgIpc) is 2.18. The van der Waals surface area contributed by atoms with E-state index in [9.17, 15) is 5.11 Å². The zero-order chi connectivity index (χ0) is 9.68. The fourth-order valence-electron chi connectivity index (χ4n) is 1.61. The first-order chi connectivity index (χ1) is 6.29. The molecule has 1 N–H and O–H groups in total. The number of rotatable bonds is 4. The molecule has 0 aliphatic rings. The summed E-state index contributed by atoms with van der Waals surface area (Å²) in [5.41, 5.74) is 2.37. The molecule has 1 atom stereocenters. The first-order valence-electron chi connectivity index (χ1n) is 5.05. The molecule has 1 heteroatoms. The van der Waals surface area contributed by atoms with Crippen LogP contribution >= 0.6 is 0 Å². The summed E-state index contributed by atoms with van der Waals surface area (Å²) in [6, 6.07) is 8.14. The van der Waals surface area contributed by atoms with Gasteiger partial charge in [0.25, 0.3) is 0 Å². The van der Waals surface area contributed by atoms with E-state index in [4.69, 9.17) is 0 Å². The summed E-state index contributed by atoms with van der Waals surface area (Å²) >= 11 is 0. The van der Waals surface area contributed by atoms with Crippen molar-refractivity contribution in [1.29, 1.82) is 0 Å². The number of aliphatic hydroxyl groups is 1. The van der Waals surface area contributed by atoms with Gasteiger partial charge in [-0.1, -0.05) is 44.5 Å². The molecule has 0 unspecified atom stereocenters. The van der Waals surface area contributed by atoms with Crippen LogP contribution < -0.4 is 0 Å². The molecule has 1 rings (SSSR count). The lowest BCUT2D eigenvalue weighted by Gasteiger charge is -2.13. The Hall–Kier alpha value is -0.820. The van der Waals surface area contributed by atoms with E-state index in [0.717, 1.165) is 24.8 Å². The van der Waals surface area contributed by atoms with Crippen molar-refractivity contribution in [1.82, 2.24) is 0 Å². The molecule has 0 saturated heterocycles. The molecule has 0 heterocycles. The van der Waals surface area contributed by atoms with Crippen molar-refractivity contribution < 1.29 is 5.11 Å². The Morgan fingerprint density at radius 2 is 1.92 bits per heavy atom. The Morgan fingerprint density at radius 3 is 2.54 bits per heavy atom. The highest BCUT2D eigenvalue weighted by molar-refractivity contribution is 5.28. The fourth-order valence-corrected chi connectivity index (χ4v) is 1.61. The Labute approximate surface area is 80.4 Å². The summed E-state index contributed by atoms with van der Waals surface area (Å²) in [5.74, 6) is 0. The average molecular weight is 178 g/mol. The minimum Gasteiger partial charge on any atom is -0.388 e. The number of hydrogen-bond donors (Lipinski definition) is 1. The lowest BCUT2D eigenvalue weighted by Crippen LogP contribution is -2.00. The van der Waals surface area contributed by atoms with Crippen LogP contribution in [0.5, 0.6) is 0 Å². The Balaban J connectivity index is 2.85. The Kier molecular flexibility index (Phi) is 3.97. The quantitative estimate of drug-likeness (QED) is 0.751. The molecule has 0 radical (unpaired) electrons. The largest absolute Gasteiger partial charge is 0.388 e. The minimum atomic E-state index is -0.277. The van der Waals surface area contributed by atoms with E-state index in [0.29, 0.717) is 0 Å². The highest BCUT2D eigenvalue weighted by atomic mass is 16.3. The molecule has 0 fully saturated rings. The Bertz CT molecular complexity index is 255. The van der Waals surface area contributed by atoms with E-state index < -0.39 is 0 Å². The van der Waals surface area contributed by atoms with Crippen molar-refractivity contribution in [2.24, 2.45) is 0 Å². The molecule has 0 spiro atoms. The van der Waals surface area contributed by atoms with E-state index in [-0.39, 0.29) is 6.10 Å². The monoisotopic (exact) mass is 178 g/mol. The maximum absolute atomic E-state index is 9.83. The van der Waals surface area contributed by atoms with Crippen LogP contribution in [0.2, 0.25) is 0 Å². The normalized spacial score (nSPS) is 12.8. The van der Waals surface area contributed by atoms with Gasteiger partial charge in [0, 0.05) is 0 Å². The summed E-state index contributed by atoms with van der Waals surface area (Å²) in [6.45, 7) is 4.22. The zero-order valence-corrected chi connectivity index (χ0v) is 8.46. The lowest BCUT2D eigenvalue weighted by molar-refractivity contribution is 0.165. The second kappa shape index (κ2) is 5.03. The van der Waals surface area contributed by atoms with Crippen molar-refractivity contribution in [2.75, 3.05) is 0 Å². The predicted octanol–water partition coefficient (Wildman–Crippen LogP) is 3.08. The minimum absolute atomic E-state index is 0.277. The number of aryl methyl sites for hydroxylation is 1. The van der Waals surface area contributed by atoms with Crippen LogP contribution in [0.15, 0.2) is 24.3 Å². The van der Waals surface area contributed by atoms with Crippen LogP contribution in [0, 0.1) is 0 Å². The highest BCUT2D eigenvalue weighted by Gasteiger charge is 2.08. The molecule has 0 bridgehead atoms. The van der Waals surface area contributed by atoms with Gasteiger partial charge in [-0.3, -0.25) is 0 Å². The van der Waals surface area contributed by atoms with Crippen LogP contribution in [0.3, 0.4) is 0 Å². The Morgan fingerprint density at radius 1 is 1.23 bits per heavy atom. The van der Waals surface area contributed by atoms with Gasteiger partial charge in [-0.2, -0.15) is 0 Å². The number of benzene rings is 1. The van der Waals surface area contributed by atoms with Crippen molar-refractivity contribution in [3.8, 4) is 0 Å². The van der Waals surface area contributed by atoms with Crippen molar-refractivity contribution in [3.63, 3.8) is 0 Å². The molecular weight excluding hydrogens is 160 g/mol. The van der Waals surface area contributed by atoms with E-state index in [1.165, 1.54) is 5.56 Å². The van der Waals surface area contributed by atoms with Crippen LogP contribution in [-0.2, 0) is 6.42 Å². The van der Waals surface area contributed by atoms with Gasteiger partial charge < -0.3 is 5.11 Å². The topological polar surface area (TPSA) is 20.2 Å². The number of hydrogen-bond acceptors (Lipinski definition) is 1. The molecular formula is C12H18O. The standard InChI is InChI=1S/C12H18O/c1-3-7-12(13)11-9-6-5-8-10(11)4-2/h5-6,8-9,12-13H,3-4,7H2,1-2H3/t12-/m0/s1. The molecule has 1 aromatic carbocycles. The third-order valence-electron chi connectivity index (χ3n) is 2.36.